The molecule has 1 aliphatic heterocycles. The minimum atomic E-state index is -0.503. The number of fused-ring (bicyclic) bond motifs is 1. The number of thiocarbonyl (C=S) groups is 1. The molecule has 2 heterocycles. The van der Waals surface area contributed by atoms with Crippen molar-refractivity contribution >= 4 is 51.8 Å². The van der Waals surface area contributed by atoms with Gasteiger partial charge in [-0.05, 0) is 55.5 Å². The molecule has 0 radical (unpaired) electrons. The minimum Gasteiger partial charge on any atom is -0.497 e. The summed E-state index contributed by atoms with van der Waals surface area (Å²) in [5.41, 5.74) is 3.42. The summed E-state index contributed by atoms with van der Waals surface area (Å²) in [6.07, 6.45) is 1.65. The zero-order valence-corrected chi connectivity index (χ0v) is 17.0. The third-order valence-electron chi connectivity index (χ3n) is 5.17. The molecule has 146 valence electrons. The molecule has 1 aliphatic rings. The molecule has 2 aromatic carbocycles. The van der Waals surface area contributed by atoms with Crippen LogP contribution < -0.4 is 15.0 Å². The van der Waals surface area contributed by atoms with Crippen molar-refractivity contribution in [2.45, 2.75) is 6.92 Å². The Bertz CT molecular complexity index is 1190. The highest BCUT2D eigenvalue weighted by molar-refractivity contribution is 7.80. The molecule has 0 bridgehead atoms. The van der Waals surface area contributed by atoms with E-state index in [0.717, 1.165) is 22.2 Å². The molecule has 0 saturated carbocycles. The summed E-state index contributed by atoms with van der Waals surface area (Å²) < 4.78 is 7.20. The van der Waals surface area contributed by atoms with Gasteiger partial charge >= 0.3 is 0 Å². The average molecular weight is 405 g/mol. The summed E-state index contributed by atoms with van der Waals surface area (Å²) in [7, 11) is 3.53. The van der Waals surface area contributed by atoms with Crippen molar-refractivity contribution in [3.05, 3.63) is 65.4 Å². The molecule has 1 fully saturated rings. The van der Waals surface area contributed by atoms with E-state index in [1.807, 2.05) is 42.8 Å². The van der Waals surface area contributed by atoms with E-state index in [1.165, 1.54) is 4.90 Å². The van der Waals surface area contributed by atoms with Crippen molar-refractivity contribution in [2.75, 3.05) is 12.0 Å². The molecule has 1 N–H and O–H groups in total. The van der Waals surface area contributed by atoms with Crippen LogP contribution in [0.25, 0.3) is 17.0 Å². The first-order valence-corrected chi connectivity index (χ1v) is 9.42. The lowest BCUT2D eigenvalue weighted by molar-refractivity contribution is -0.122. The Morgan fingerprint density at radius 1 is 1.07 bits per heavy atom. The van der Waals surface area contributed by atoms with E-state index in [2.05, 4.69) is 5.32 Å². The van der Waals surface area contributed by atoms with Gasteiger partial charge in [-0.2, -0.15) is 0 Å². The van der Waals surface area contributed by atoms with Crippen LogP contribution in [0.4, 0.5) is 5.69 Å². The van der Waals surface area contributed by atoms with Gasteiger partial charge in [0.1, 0.15) is 11.3 Å². The predicted molar refractivity (Wildman–Crippen MR) is 117 cm³/mol. The van der Waals surface area contributed by atoms with Gasteiger partial charge in [0.2, 0.25) is 0 Å². The Balaban J connectivity index is 1.81. The summed E-state index contributed by atoms with van der Waals surface area (Å²) in [6, 6.07) is 14.8. The Labute approximate surface area is 173 Å². The number of nitrogens with zero attached hydrogens (tertiary/aromatic N) is 2. The van der Waals surface area contributed by atoms with E-state index < -0.39 is 11.8 Å². The van der Waals surface area contributed by atoms with Crippen molar-refractivity contribution in [3.8, 4) is 5.75 Å². The number of carbonyl (C=O) groups excluding carboxylic acids is 2. The lowest BCUT2D eigenvalue weighted by Crippen LogP contribution is -2.54. The van der Waals surface area contributed by atoms with Crippen molar-refractivity contribution < 1.29 is 14.3 Å². The van der Waals surface area contributed by atoms with Crippen molar-refractivity contribution in [3.63, 3.8) is 0 Å². The summed E-state index contributed by atoms with van der Waals surface area (Å²) in [4.78, 5) is 27.2. The van der Waals surface area contributed by atoms with Gasteiger partial charge in [0.25, 0.3) is 11.8 Å². The van der Waals surface area contributed by atoms with E-state index in [9.17, 15) is 9.59 Å². The number of rotatable bonds is 3. The van der Waals surface area contributed by atoms with E-state index in [-0.39, 0.29) is 10.7 Å². The highest BCUT2D eigenvalue weighted by atomic mass is 32.1. The monoisotopic (exact) mass is 405 g/mol. The van der Waals surface area contributed by atoms with Crippen LogP contribution in [0, 0.1) is 6.92 Å². The highest BCUT2D eigenvalue weighted by Gasteiger charge is 2.34. The molecular formula is C22H19N3O3S. The fourth-order valence-corrected chi connectivity index (χ4v) is 3.78. The average Bonchev–Trinajstić information content (AvgIpc) is 2.96. The zero-order valence-electron chi connectivity index (χ0n) is 16.2. The standard InChI is InChI=1S/C22H19N3O3S/c1-13-17(16-6-4-5-7-19(16)24(13)2)12-18-20(26)23-22(29)25(21(18)27)14-8-10-15(28-3)11-9-14/h4-12H,1-3H3,(H,23,26,29)/b18-12+. The fourth-order valence-electron chi connectivity index (χ4n) is 3.50. The second-order valence-corrected chi connectivity index (χ2v) is 7.12. The molecule has 0 spiro atoms. The van der Waals surface area contributed by atoms with Gasteiger partial charge in [-0.3, -0.25) is 19.8 Å². The zero-order chi connectivity index (χ0) is 20.7. The lowest BCUT2D eigenvalue weighted by atomic mass is 10.0. The first-order chi connectivity index (χ1) is 13.9. The third-order valence-corrected chi connectivity index (χ3v) is 5.45. The van der Waals surface area contributed by atoms with Gasteiger partial charge in [0.15, 0.2) is 5.11 Å². The number of hydrogen-bond donors (Lipinski definition) is 1. The SMILES string of the molecule is COc1ccc(N2C(=O)/C(=C/c3c(C)n(C)c4ccccc34)C(=O)NC2=S)cc1. The Morgan fingerprint density at radius 2 is 1.76 bits per heavy atom. The molecule has 6 nitrogen and oxygen atoms in total. The van der Waals surface area contributed by atoms with Crippen LogP contribution in [-0.4, -0.2) is 28.6 Å². The van der Waals surface area contributed by atoms with E-state index in [4.69, 9.17) is 17.0 Å². The maximum absolute atomic E-state index is 13.2. The first kappa shape index (κ1) is 18.9. The molecule has 0 unspecified atom stereocenters. The smallest absolute Gasteiger partial charge is 0.270 e. The van der Waals surface area contributed by atoms with Crippen molar-refractivity contribution in [1.29, 1.82) is 0 Å². The molecule has 7 heteroatoms. The molecule has 0 atom stereocenters. The predicted octanol–water partition coefficient (Wildman–Crippen LogP) is 3.33. The number of benzene rings is 2. The van der Waals surface area contributed by atoms with Gasteiger partial charge in [0.05, 0.1) is 12.8 Å². The first-order valence-electron chi connectivity index (χ1n) is 9.02. The molecule has 4 rings (SSSR count). The number of hydrogen-bond acceptors (Lipinski definition) is 4. The summed E-state index contributed by atoms with van der Waals surface area (Å²) >= 11 is 5.26. The van der Waals surface area contributed by atoms with E-state index in [0.29, 0.717) is 11.4 Å². The number of aromatic nitrogens is 1. The molecule has 1 aromatic heterocycles. The number of ether oxygens (including phenoxy) is 1. The molecule has 1 saturated heterocycles. The molecule has 2 amide bonds. The number of para-hydroxylation sites is 1. The van der Waals surface area contributed by atoms with Crippen LogP contribution in [0.5, 0.6) is 5.75 Å². The molecule has 0 aliphatic carbocycles. The van der Waals surface area contributed by atoms with Crippen LogP contribution in [-0.2, 0) is 16.6 Å². The van der Waals surface area contributed by atoms with Crippen LogP contribution in [0.15, 0.2) is 54.1 Å². The largest absolute Gasteiger partial charge is 0.497 e. The second kappa shape index (κ2) is 7.18. The number of anilines is 1. The number of nitrogens with one attached hydrogen (secondary N) is 1. The van der Waals surface area contributed by atoms with Crippen LogP contribution in [0.2, 0.25) is 0 Å². The van der Waals surface area contributed by atoms with Crippen molar-refractivity contribution in [1.82, 2.24) is 9.88 Å². The quantitative estimate of drug-likeness (QED) is 0.413. The minimum absolute atomic E-state index is 0.0360. The van der Waals surface area contributed by atoms with Crippen molar-refractivity contribution in [2.24, 2.45) is 7.05 Å². The highest BCUT2D eigenvalue weighted by Crippen LogP contribution is 2.29. The Hall–Kier alpha value is -3.45. The Kier molecular flexibility index (Phi) is 4.68. The fraction of sp³-hybridized carbons (Fsp3) is 0.136. The number of carbonyl (C=O) groups is 2. The maximum Gasteiger partial charge on any atom is 0.270 e. The summed E-state index contributed by atoms with van der Waals surface area (Å²) in [5.74, 6) is -0.302. The number of amides is 2. The Morgan fingerprint density at radius 3 is 2.45 bits per heavy atom. The lowest BCUT2D eigenvalue weighted by Gasteiger charge is -2.29. The number of aryl methyl sites for hydroxylation is 1. The number of methoxy groups -OCH3 is 1. The molecule has 29 heavy (non-hydrogen) atoms. The summed E-state index contributed by atoms with van der Waals surface area (Å²) in [5, 5.41) is 3.65. The van der Waals surface area contributed by atoms with E-state index >= 15 is 0 Å². The summed E-state index contributed by atoms with van der Waals surface area (Å²) in [6.45, 7) is 1.96. The van der Waals surface area contributed by atoms with Gasteiger partial charge in [-0.15, -0.1) is 0 Å². The molecule has 3 aromatic rings. The topological polar surface area (TPSA) is 63.6 Å². The van der Waals surface area contributed by atoms with Gasteiger partial charge in [-0.25, -0.2) is 0 Å². The second-order valence-electron chi connectivity index (χ2n) is 6.73. The normalized spacial score (nSPS) is 15.9. The molecular weight excluding hydrogens is 386 g/mol. The van der Waals surface area contributed by atoms with Gasteiger partial charge < -0.3 is 9.30 Å². The van der Waals surface area contributed by atoms with Crippen LogP contribution >= 0.6 is 12.2 Å². The maximum atomic E-state index is 13.2. The third kappa shape index (κ3) is 3.09. The van der Waals surface area contributed by atoms with Gasteiger partial charge in [0, 0.05) is 29.2 Å². The van der Waals surface area contributed by atoms with Crippen LogP contribution in [0.3, 0.4) is 0 Å². The van der Waals surface area contributed by atoms with Gasteiger partial charge in [-0.1, -0.05) is 18.2 Å². The van der Waals surface area contributed by atoms with E-state index in [1.54, 1.807) is 37.5 Å². The van der Waals surface area contributed by atoms with Crippen LogP contribution in [0.1, 0.15) is 11.3 Å².